The lowest BCUT2D eigenvalue weighted by atomic mass is 10.1. The lowest BCUT2D eigenvalue weighted by Gasteiger charge is -2.07. The molecule has 3 heteroatoms. The van der Waals surface area contributed by atoms with Crippen molar-refractivity contribution in [1.29, 1.82) is 5.26 Å². The number of nitriles is 1. The number of anilines is 1. The third-order valence-electron chi connectivity index (χ3n) is 3.25. The number of para-hydroxylation sites is 1. The van der Waals surface area contributed by atoms with Crippen LogP contribution in [-0.2, 0) is 4.79 Å². The summed E-state index contributed by atoms with van der Waals surface area (Å²) in [6.07, 6.45) is 1.61. The van der Waals surface area contributed by atoms with Gasteiger partial charge in [0.15, 0.2) is 0 Å². The Morgan fingerprint density at radius 1 is 1.05 bits per heavy atom. The van der Waals surface area contributed by atoms with Gasteiger partial charge in [0.25, 0.3) is 5.91 Å². The van der Waals surface area contributed by atoms with Gasteiger partial charge in [-0.25, -0.2) is 0 Å². The Bertz CT molecular complexity index is 739. The van der Waals surface area contributed by atoms with Gasteiger partial charge in [-0.2, -0.15) is 5.26 Å². The quantitative estimate of drug-likeness (QED) is 0.684. The fourth-order valence-electron chi connectivity index (χ4n) is 1.96. The average Bonchev–Trinajstić information content (AvgIpc) is 2.48. The minimum atomic E-state index is -0.393. The highest BCUT2D eigenvalue weighted by molar-refractivity contribution is 6.10. The van der Waals surface area contributed by atoms with Gasteiger partial charge in [-0.3, -0.25) is 4.79 Å². The molecule has 0 spiro atoms. The number of nitrogens with one attached hydrogen (secondary N) is 1. The molecule has 2 aromatic rings. The molecule has 0 radical (unpaired) electrons. The number of hydrogen-bond donors (Lipinski definition) is 1. The van der Waals surface area contributed by atoms with E-state index in [1.54, 1.807) is 6.08 Å². The second kappa shape index (κ2) is 6.53. The van der Waals surface area contributed by atoms with Crippen molar-refractivity contribution in [2.45, 2.75) is 13.8 Å². The Morgan fingerprint density at radius 3 is 2.29 bits per heavy atom. The van der Waals surface area contributed by atoms with E-state index in [0.717, 1.165) is 16.7 Å². The van der Waals surface area contributed by atoms with E-state index in [9.17, 15) is 10.1 Å². The second-order valence-corrected chi connectivity index (χ2v) is 4.80. The SMILES string of the molecule is Cc1ccccc1/C=C(/C#N)C(=O)Nc1ccccc1C. The van der Waals surface area contributed by atoms with E-state index in [2.05, 4.69) is 5.32 Å². The van der Waals surface area contributed by atoms with Crippen LogP contribution < -0.4 is 5.32 Å². The summed E-state index contributed by atoms with van der Waals surface area (Å²) in [5.41, 5.74) is 3.66. The van der Waals surface area contributed by atoms with E-state index in [0.29, 0.717) is 5.69 Å². The number of rotatable bonds is 3. The van der Waals surface area contributed by atoms with Crippen molar-refractivity contribution in [2.75, 3.05) is 5.32 Å². The highest BCUT2D eigenvalue weighted by atomic mass is 16.1. The summed E-state index contributed by atoms with van der Waals surface area (Å²) in [6.45, 7) is 3.85. The Balaban J connectivity index is 2.26. The maximum absolute atomic E-state index is 12.2. The molecule has 104 valence electrons. The van der Waals surface area contributed by atoms with E-state index < -0.39 is 5.91 Å². The van der Waals surface area contributed by atoms with E-state index in [-0.39, 0.29) is 5.57 Å². The van der Waals surface area contributed by atoms with Crippen LogP contribution in [0, 0.1) is 25.2 Å². The van der Waals surface area contributed by atoms with Crippen molar-refractivity contribution in [3.05, 3.63) is 70.8 Å². The first-order valence-electron chi connectivity index (χ1n) is 6.66. The molecule has 0 aliphatic carbocycles. The molecule has 0 aliphatic heterocycles. The summed E-state index contributed by atoms with van der Waals surface area (Å²) in [4.78, 5) is 12.2. The first-order chi connectivity index (χ1) is 10.1. The predicted molar refractivity (Wildman–Crippen MR) is 84.6 cm³/mol. The van der Waals surface area contributed by atoms with E-state index in [1.165, 1.54) is 0 Å². The normalized spacial score (nSPS) is 10.8. The third kappa shape index (κ3) is 3.58. The Hall–Kier alpha value is -2.86. The standard InChI is InChI=1S/C18H16N2O/c1-13-7-3-5-9-15(13)11-16(12-19)18(21)20-17-10-6-4-8-14(17)2/h3-11H,1-2H3,(H,20,21)/b16-11-. The van der Waals surface area contributed by atoms with Gasteiger partial charge >= 0.3 is 0 Å². The summed E-state index contributed by atoms with van der Waals surface area (Å²) >= 11 is 0. The van der Waals surface area contributed by atoms with E-state index >= 15 is 0 Å². The van der Waals surface area contributed by atoms with Crippen LogP contribution in [0.1, 0.15) is 16.7 Å². The van der Waals surface area contributed by atoms with Crippen LogP contribution in [0.25, 0.3) is 6.08 Å². The molecule has 0 bridgehead atoms. The molecule has 3 nitrogen and oxygen atoms in total. The van der Waals surface area contributed by atoms with Crippen molar-refractivity contribution in [1.82, 2.24) is 0 Å². The van der Waals surface area contributed by atoms with Crippen LogP contribution in [0.5, 0.6) is 0 Å². The molecule has 0 aliphatic rings. The molecule has 2 aromatic carbocycles. The van der Waals surface area contributed by atoms with Gasteiger partial charge in [-0.1, -0.05) is 42.5 Å². The number of aryl methyl sites for hydroxylation is 2. The second-order valence-electron chi connectivity index (χ2n) is 4.80. The summed E-state index contributed by atoms with van der Waals surface area (Å²) in [5.74, 6) is -0.393. The number of carbonyl (C=O) groups is 1. The topological polar surface area (TPSA) is 52.9 Å². The van der Waals surface area contributed by atoms with Crippen LogP contribution in [0.3, 0.4) is 0 Å². The highest BCUT2D eigenvalue weighted by Gasteiger charge is 2.10. The minimum Gasteiger partial charge on any atom is -0.321 e. The molecular formula is C18H16N2O. The highest BCUT2D eigenvalue weighted by Crippen LogP contribution is 2.16. The molecule has 1 amide bonds. The van der Waals surface area contributed by atoms with Gasteiger partial charge in [-0.15, -0.1) is 0 Å². The monoisotopic (exact) mass is 276 g/mol. The molecule has 0 saturated carbocycles. The molecule has 0 fully saturated rings. The first kappa shape index (κ1) is 14.5. The zero-order valence-corrected chi connectivity index (χ0v) is 12.1. The fourth-order valence-corrected chi connectivity index (χ4v) is 1.96. The molecule has 2 rings (SSSR count). The molecule has 21 heavy (non-hydrogen) atoms. The number of carbonyl (C=O) groups excluding carboxylic acids is 1. The molecule has 0 heterocycles. The largest absolute Gasteiger partial charge is 0.321 e. The van der Waals surface area contributed by atoms with E-state index in [1.807, 2.05) is 68.4 Å². The number of hydrogen-bond acceptors (Lipinski definition) is 2. The predicted octanol–water partition coefficient (Wildman–Crippen LogP) is 3.85. The van der Waals surface area contributed by atoms with Crippen molar-refractivity contribution in [3.8, 4) is 6.07 Å². The van der Waals surface area contributed by atoms with E-state index in [4.69, 9.17) is 0 Å². The van der Waals surface area contributed by atoms with Crippen LogP contribution >= 0.6 is 0 Å². The Labute approximate surface area is 124 Å². The molecule has 0 atom stereocenters. The molecule has 0 unspecified atom stereocenters. The lowest BCUT2D eigenvalue weighted by molar-refractivity contribution is -0.112. The maximum Gasteiger partial charge on any atom is 0.266 e. The number of benzene rings is 2. The first-order valence-corrected chi connectivity index (χ1v) is 6.66. The van der Waals surface area contributed by atoms with Crippen molar-refractivity contribution < 1.29 is 4.79 Å². The number of amides is 1. The van der Waals surface area contributed by atoms with Gasteiger partial charge in [0.05, 0.1) is 0 Å². The Morgan fingerprint density at radius 2 is 1.67 bits per heavy atom. The van der Waals surface area contributed by atoms with Crippen LogP contribution in [0.4, 0.5) is 5.69 Å². The van der Waals surface area contributed by atoms with Crippen molar-refractivity contribution >= 4 is 17.7 Å². The van der Waals surface area contributed by atoms with Crippen molar-refractivity contribution in [3.63, 3.8) is 0 Å². The molecule has 0 saturated heterocycles. The van der Waals surface area contributed by atoms with Crippen molar-refractivity contribution in [2.24, 2.45) is 0 Å². The van der Waals surface area contributed by atoms with Crippen LogP contribution in [-0.4, -0.2) is 5.91 Å². The van der Waals surface area contributed by atoms with Gasteiger partial charge in [0.2, 0.25) is 0 Å². The Kier molecular flexibility index (Phi) is 4.53. The zero-order chi connectivity index (χ0) is 15.2. The summed E-state index contributed by atoms with van der Waals surface area (Å²) in [7, 11) is 0. The van der Waals surface area contributed by atoms with Gasteiger partial charge in [-0.05, 0) is 42.7 Å². The third-order valence-corrected chi connectivity index (χ3v) is 3.25. The van der Waals surface area contributed by atoms with Gasteiger partial charge in [0, 0.05) is 5.69 Å². The fraction of sp³-hybridized carbons (Fsp3) is 0.111. The summed E-state index contributed by atoms with van der Waals surface area (Å²) in [6, 6.07) is 17.1. The molecule has 1 N–H and O–H groups in total. The van der Waals surface area contributed by atoms with Gasteiger partial charge < -0.3 is 5.32 Å². The summed E-state index contributed by atoms with van der Waals surface area (Å²) in [5, 5.41) is 12.0. The maximum atomic E-state index is 12.2. The smallest absolute Gasteiger partial charge is 0.266 e. The number of nitrogens with zero attached hydrogens (tertiary/aromatic N) is 1. The lowest BCUT2D eigenvalue weighted by Crippen LogP contribution is -2.14. The van der Waals surface area contributed by atoms with Crippen LogP contribution in [0.2, 0.25) is 0 Å². The van der Waals surface area contributed by atoms with Gasteiger partial charge in [0.1, 0.15) is 11.6 Å². The summed E-state index contributed by atoms with van der Waals surface area (Å²) < 4.78 is 0. The average molecular weight is 276 g/mol. The molecule has 0 aromatic heterocycles. The minimum absolute atomic E-state index is 0.0903. The zero-order valence-electron chi connectivity index (χ0n) is 12.1. The molecular weight excluding hydrogens is 260 g/mol. The van der Waals surface area contributed by atoms with Crippen LogP contribution in [0.15, 0.2) is 54.1 Å².